The number of methoxy groups -OCH3 is 1. The largest absolute Gasteiger partial charge is 0.493 e. The standard InChI is InChI=1S/C24H23N5O4/c1-32-22-12-21-20(13-23(22)33-9-3-2-8-30)28-19-11-15(4-5-18(19)24(31)29-21)27-16-6-7-26-17(10-16)14-25/h4-7,10-13,28,30H,2-3,8-9H2,1H3,(H,26,27)(H,29,31). The zero-order valence-electron chi connectivity index (χ0n) is 18.0. The maximum atomic E-state index is 12.8. The molecule has 0 saturated heterocycles. The smallest absolute Gasteiger partial charge is 0.257 e. The third kappa shape index (κ3) is 4.97. The number of nitrogens with one attached hydrogen (secondary N) is 3. The van der Waals surface area contributed by atoms with Gasteiger partial charge >= 0.3 is 0 Å². The molecular formula is C24H23N5O4. The Morgan fingerprint density at radius 2 is 1.82 bits per heavy atom. The maximum absolute atomic E-state index is 12.8. The van der Waals surface area contributed by atoms with Crippen molar-refractivity contribution in [1.29, 1.82) is 5.26 Å². The van der Waals surface area contributed by atoms with Crippen LogP contribution in [0.3, 0.4) is 0 Å². The molecule has 0 spiro atoms. The number of anilines is 5. The molecule has 2 heterocycles. The summed E-state index contributed by atoms with van der Waals surface area (Å²) in [7, 11) is 1.54. The lowest BCUT2D eigenvalue weighted by atomic mass is 10.1. The van der Waals surface area contributed by atoms with Crippen LogP contribution in [0.2, 0.25) is 0 Å². The van der Waals surface area contributed by atoms with Gasteiger partial charge in [0.1, 0.15) is 11.8 Å². The number of pyridine rings is 1. The van der Waals surface area contributed by atoms with Crippen molar-refractivity contribution in [2.75, 3.05) is 36.3 Å². The van der Waals surface area contributed by atoms with Crippen LogP contribution in [-0.4, -0.2) is 36.3 Å². The van der Waals surface area contributed by atoms with Gasteiger partial charge in [-0.05, 0) is 43.2 Å². The van der Waals surface area contributed by atoms with E-state index in [0.29, 0.717) is 65.0 Å². The fourth-order valence-corrected chi connectivity index (χ4v) is 3.43. The molecule has 4 N–H and O–H groups in total. The Kier molecular flexibility index (Phi) is 6.57. The highest BCUT2D eigenvalue weighted by molar-refractivity contribution is 6.12. The number of unbranched alkanes of at least 4 members (excludes halogenated alkanes) is 1. The number of rotatable bonds is 8. The van der Waals surface area contributed by atoms with E-state index in [2.05, 4.69) is 20.9 Å². The summed E-state index contributed by atoms with van der Waals surface area (Å²) < 4.78 is 11.3. The quantitative estimate of drug-likeness (QED) is 0.380. The number of amides is 1. The topological polar surface area (TPSA) is 129 Å². The van der Waals surface area contributed by atoms with Crippen LogP contribution in [-0.2, 0) is 0 Å². The molecule has 0 unspecified atom stereocenters. The van der Waals surface area contributed by atoms with Crippen molar-refractivity contribution in [2.45, 2.75) is 12.8 Å². The fourth-order valence-electron chi connectivity index (χ4n) is 3.43. The van der Waals surface area contributed by atoms with Gasteiger partial charge in [-0.25, -0.2) is 4.98 Å². The highest BCUT2D eigenvalue weighted by Gasteiger charge is 2.22. The number of hydrogen-bond donors (Lipinski definition) is 4. The van der Waals surface area contributed by atoms with E-state index in [1.165, 1.54) is 7.11 Å². The van der Waals surface area contributed by atoms with Crippen LogP contribution in [0.5, 0.6) is 11.5 Å². The van der Waals surface area contributed by atoms with Crippen LogP contribution in [0.25, 0.3) is 0 Å². The number of hydrogen-bond acceptors (Lipinski definition) is 8. The van der Waals surface area contributed by atoms with Crippen molar-refractivity contribution < 1.29 is 19.4 Å². The van der Waals surface area contributed by atoms with E-state index in [-0.39, 0.29) is 12.5 Å². The van der Waals surface area contributed by atoms with Gasteiger partial charge in [0.15, 0.2) is 11.5 Å². The van der Waals surface area contributed by atoms with Crippen molar-refractivity contribution in [3.05, 3.63) is 59.9 Å². The van der Waals surface area contributed by atoms with Crippen molar-refractivity contribution in [3.63, 3.8) is 0 Å². The highest BCUT2D eigenvalue weighted by Crippen LogP contribution is 2.41. The summed E-state index contributed by atoms with van der Waals surface area (Å²) in [5.41, 5.74) is 4.08. The van der Waals surface area contributed by atoms with E-state index >= 15 is 0 Å². The molecule has 0 atom stereocenters. The second-order valence-electron chi connectivity index (χ2n) is 7.33. The van der Waals surface area contributed by atoms with Crippen LogP contribution in [0.4, 0.5) is 28.4 Å². The van der Waals surface area contributed by atoms with Gasteiger partial charge < -0.3 is 30.5 Å². The molecule has 33 heavy (non-hydrogen) atoms. The van der Waals surface area contributed by atoms with Gasteiger partial charge in [-0.2, -0.15) is 5.26 Å². The number of carbonyl (C=O) groups is 1. The van der Waals surface area contributed by atoms with Crippen molar-refractivity contribution >= 4 is 34.3 Å². The van der Waals surface area contributed by atoms with E-state index in [0.717, 1.165) is 5.69 Å². The minimum absolute atomic E-state index is 0.114. The van der Waals surface area contributed by atoms with Gasteiger partial charge in [0.05, 0.1) is 36.3 Å². The molecule has 0 bridgehead atoms. The van der Waals surface area contributed by atoms with Crippen LogP contribution in [0.15, 0.2) is 48.7 Å². The zero-order valence-corrected chi connectivity index (χ0v) is 18.0. The van der Waals surface area contributed by atoms with E-state index in [1.807, 2.05) is 12.1 Å². The van der Waals surface area contributed by atoms with Gasteiger partial charge in [0.2, 0.25) is 0 Å². The number of benzene rings is 2. The van der Waals surface area contributed by atoms with Crippen molar-refractivity contribution in [3.8, 4) is 17.6 Å². The molecule has 1 aliphatic rings. The summed E-state index contributed by atoms with van der Waals surface area (Å²) in [6, 6.07) is 14.3. The monoisotopic (exact) mass is 445 g/mol. The van der Waals surface area contributed by atoms with Gasteiger partial charge in [-0.3, -0.25) is 4.79 Å². The minimum atomic E-state index is -0.253. The third-order valence-corrected chi connectivity index (χ3v) is 5.06. The second-order valence-corrected chi connectivity index (χ2v) is 7.33. The number of nitriles is 1. The molecule has 4 rings (SSSR count). The first-order chi connectivity index (χ1) is 16.1. The van der Waals surface area contributed by atoms with E-state index in [4.69, 9.17) is 19.8 Å². The molecular weight excluding hydrogens is 422 g/mol. The predicted molar refractivity (Wildman–Crippen MR) is 125 cm³/mol. The molecule has 0 aliphatic carbocycles. The van der Waals surface area contributed by atoms with Gasteiger partial charge in [0, 0.05) is 36.3 Å². The number of aromatic nitrogens is 1. The average Bonchev–Trinajstić information content (AvgIpc) is 2.96. The Morgan fingerprint density at radius 1 is 1.03 bits per heavy atom. The Bertz CT molecular complexity index is 1220. The number of aliphatic hydroxyl groups is 1. The molecule has 1 aliphatic heterocycles. The van der Waals surface area contributed by atoms with E-state index < -0.39 is 0 Å². The number of fused-ring (bicyclic) bond motifs is 2. The summed E-state index contributed by atoms with van der Waals surface area (Å²) in [4.78, 5) is 16.8. The Hall–Kier alpha value is -4.29. The molecule has 9 heteroatoms. The fraction of sp³-hybridized carbons (Fsp3) is 0.208. The second kappa shape index (κ2) is 9.89. The molecule has 0 fully saturated rings. The van der Waals surface area contributed by atoms with Crippen molar-refractivity contribution in [1.82, 2.24) is 4.98 Å². The number of nitrogens with zero attached hydrogens (tertiary/aromatic N) is 2. The van der Waals surface area contributed by atoms with Gasteiger partial charge in [-0.15, -0.1) is 0 Å². The summed E-state index contributed by atoms with van der Waals surface area (Å²) >= 11 is 0. The molecule has 168 valence electrons. The van der Waals surface area contributed by atoms with Gasteiger partial charge in [0.25, 0.3) is 5.91 Å². The predicted octanol–water partition coefficient (Wildman–Crippen LogP) is 4.17. The zero-order chi connectivity index (χ0) is 23.2. The van der Waals surface area contributed by atoms with Crippen LogP contribution in [0.1, 0.15) is 28.9 Å². The number of ether oxygens (including phenoxy) is 2. The molecule has 0 saturated carbocycles. The first kappa shape index (κ1) is 21.9. The number of carbonyl (C=O) groups excluding carboxylic acids is 1. The Morgan fingerprint density at radius 3 is 2.61 bits per heavy atom. The molecule has 1 amide bonds. The number of aliphatic hydroxyl groups excluding tert-OH is 1. The first-order valence-electron chi connectivity index (χ1n) is 10.4. The van der Waals surface area contributed by atoms with Gasteiger partial charge in [-0.1, -0.05) is 0 Å². The Labute approximate surface area is 191 Å². The summed E-state index contributed by atoms with van der Waals surface area (Å²) in [5, 5.41) is 27.5. The van der Waals surface area contributed by atoms with Crippen LogP contribution in [0, 0.1) is 11.3 Å². The summed E-state index contributed by atoms with van der Waals surface area (Å²) in [6.07, 6.45) is 2.92. The van der Waals surface area contributed by atoms with E-state index in [9.17, 15) is 4.79 Å². The molecule has 3 aromatic rings. The molecule has 0 radical (unpaired) electrons. The lowest BCUT2D eigenvalue weighted by Gasteiger charge is -2.16. The lowest BCUT2D eigenvalue weighted by Crippen LogP contribution is -2.11. The minimum Gasteiger partial charge on any atom is -0.493 e. The highest BCUT2D eigenvalue weighted by atomic mass is 16.5. The SMILES string of the molecule is COc1cc2c(cc1OCCCCO)Nc1cc(Nc3ccnc(C#N)c3)ccc1C(=O)N2. The normalized spacial score (nSPS) is 11.7. The summed E-state index contributed by atoms with van der Waals surface area (Å²) in [6.45, 7) is 0.548. The molecule has 9 nitrogen and oxygen atoms in total. The molecule has 1 aromatic heterocycles. The summed E-state index contributed by atoms with van der Waals surface area (Å²) in [5.74, 6) is 0.783. The van der Waals surface area contributed by atoms with Crippen LogP contribution >= 0.6 is 0 Å². The Balaban J connectivity index is 1.63. The van der Waals surface area contributed by atoms with Crippen molar-refractivity contribution in [2.24, 2.45) is 0 Å². The van der Waals surface area contributed by atoms with Crippen LogP contribution < -0.4 is 25.4 Å². The average molecular weight is 445 g/mol. The van der Waals surface area contributed by atoms with E-state index in [1.54, 1.807) is 42.6 Å². The first-order valence-corrected chi connectivity index (χ1v) is 10.4. The third-order valence-electron chi connectivity index (χ3n) is 5.06. The molecule has 2 aromatic carbocycles. The lowest BCUT2D eigenvalue weighted by molar-refractivity contribution is 0.102. The maximum Gasteiger partial charge on any atom is 0.257 e.